The number of H-pyrrole nitrogens is 1. The highest BCUT2D eigenvalue weighted by Gasteiger charge is 2.38. The molecule has 0 bridgehead atoms. The minimum Gasteiger partial charge on any atom is -0.354 e. The fraction of sp³-hybridized carbons (Fsp3) is 0.200. The number of ketones is 2. The van der Waals surface area contributed by atoms with Crippen LogP contribution in [0.15, 0.2) is 29.8 Å². The number of hydrogen-bond acceptors (Lipinski definition) is 2. The summed E-state index contributed by atoms with van der Waals surface area (Å²) in [4.78, 5) is 27.6. The SMILES string of the molecule is O=C1CCCC2=C1C(=O)c1c2[nH]c2ccccc12. The van der Waals surface area contributed by atoms with E-state index in [-0.39, 0.29) is 11.6 Å². The van der Waals surface area contributed by atoms with Crippen LogP contribution in [-0.4, -0.2) is 16.6 Å². The molecular weight excluding hydrogens is 226 g/mol. The second-order valence-electron chi connectivity index (χ2n) is 4.88. The van der Waals surface area contributed by atoms with Crippen LogP contribution >= 0.6 is 0 Å². The number of allylic oxidation sites excluding steroid dienone is 2. The highest BCUT2D eigenvalue weighted by molar-refractivity contribution is 6.38. The van der Waals surface area contributed by atoms with E-state index in [2.05, 4.69) is 4.98 Å². The quantitative estimate of drug-likeness (QED) is 0.716. The largest absolute Gasteiger partial charge is 0.354 e. The van der Waals surface area contributed by atoms with Gasteiger partial charge in [-0.2, -0.15) is 0 Å². The van der Waals surface area contributed by atoms with Crippen LogP contribution in [0, 0.1) is 0 Å². The molecule has 0 aliphatic heterocycles. The molecule has 2 aliphatic rings. The number of nitrogens with one attached hydrogen (secondary N) is 1. The predicted molar refractivity (Wildman–Crippen MR) is 68.4 cm³/mol. The minimum absolute atomic E-state index is 0.00920. The molecule has 4 rings (SSSR count). The van der Waals surface area contributed by atoms with Crippen molar-refractivity contribution in [2.75, 3.05) is 0 Å². The molecule has 1 aromatic carbocycles. The fourth-order valence-corrected chi connectivity index (χ4v) is 3.09. The Kier molecular flexibility index (Phi) is 1.74. The topological polar surface area (TPSA) is 49.9 Å². The van der Waals surface area contributed by atoms with E-state index in [1.165, 1.54) is 0 Å². The van der Waals surface area contributed by atoms with E-state index in [1.54, 1.807) is 0 Å². The van der Waals surface area contributed by atoms with Gasteiger partial charge in [0.15, 0.2) is 11.6 Å². The summed E-state index contributed by atoms with van der Waals surface area (Å²) in [6, 6.07) is 7.76. The Labute approximate surface area is 103 Å². The van der Waals surface area contributed by atoms with Gasteiger partial charge in [-0.25, -0.2) is 0 Å². The summed E-state index contributed by atoms with van der Waals surface area (Å²) < 4.78 is 0. The third-order valence-electron chi connectivity index (χ3n) is 3.87. The number of rotatable bonds is 0. The molecule has 3 heteroatoms. The van der Waals surface area contributed by atoms with Gasteiger partial charge in [0, 0.05) is 17.3 Å². The number of aromatic amines is 1. The molecule has 0 spiro atoms. The monoisotopic (exact) mass is 237 g/mol. The summed E-state index contributed by atoms with van der Waals surface area (Å²) in [5, 5.41) is 0.930. The maximum atomic E-state index is 12.4. The molecule has 2 aliphatic carbocycles. The lowest BCUT2D eigenvalue weighted by atomic mass is 9.91. The van der Waals surface area contributed by atoms with Gasteiger partial charge in [-0.3, -0.25) is 9.59 Å². The zero-order valence-electron chi connectivity index (χ0n) is 9.75. The van der Waals surface area contributed by atoms with Crippen LogP contribution in [-0.2, 0) is 4.79 Å². The standard InChI is InChI=1S/C15H11NO2/c17-11-7-3-5-9-12(11)15(18)13-8-4-1-2-6-10(8)16-14(9)13/h1-2,4,6,16H,3,5,7H2. The minimum atomic E-state index is -0.0813. The number of fused-ring (bicyclic) bond motifs is 4. The van der Waals surface area contributed by atoms with E-state index < -0.39 is 0 Å². The molecule has 0 fully saturated rings. The number of hydrogen-bond donors (Lipinski definition) is 1. The van der Waals surface area contributed by atoms with Gasteiger partial charge >= 0.3 is 0 Å². The predicted octanol–water partition coefficient (Wildman–Crippen LogP) is 2.87. The van der Waals surface area contributed by atoms with Gasteiger partial charge in [-0.1, -0.05) is 18.2 Å². The van der Waals surface area contributed by atoms with E-state index in [1.807, 2.05) is 24.3 Å². The lowest BCUT2D eigenvalue weighted by Gasteiger charge is -2.11. The molecule has 0 atom stereocenters. The molecule has 2 aromatic rings. The van der Waals surface area contributed by atoms with E-state index >= 15 is 0 Å². The van der Waals surface area contributed by atoms with Gasteiger partial charge in [-0.05, 0) is 24.5 Å². The first-order valence-corrected chi connectivity index (χ1v) is 6.19. The van der Waals surface area contributed by atoms with Gasteiger partial charge in [0.05, 0.1) is 16.8 Å². The van der Waals surface area contributed by atoms with E-state index in [9.17, 15) is 9.59 Å². The molecule has 88 valence electrons. The summed E-state index contributed by atoms with van der Waals surface area (Å²) in [5.74, 6) is -0.0721. The lowest BCUT2D eigenvalue weighted by molar-refractivity contribution is -0.115. The Bertz CT molecular complexity index is 749. The van der Waals surface area contributed by atoms with Crippen molar-refractivity contribution in [1.29, 1.82) is 0 Å². The van der Waals surface area contributed by atoms with Crippen molar-refractivity contribution in [2.24, 2.45) is 0 Å². The molecule has 1 heterocycles. The molecule has 0 radical (unpaired) electrons. The molecule has 18 heavy (non-hydrogen) atoms. The van der Waals surface area contributed by atoms with Crippen molar-refractivity contribution in [3.8, 4) is 0 Å². The van der Waals surface area contributed by atoms with Crippen LogP contribution in [0.1, 0.15) is 35.3 Å². The molecule has 3 nitrogen and oxygen atoms in total. The van der Waals surface area contributed by atoms with Gasteiger partial charge in [0.25, 0.3) is 0 Å². The lowest BCUT2D eigenvalue weighted by Crippen LogP contribution is -2.13. The molecular formula is C15H11NO2. The van der Waals surface area contributed by atoms with Gasteiger partial charge in [-0.15, -0.1) is 0 Å². The van der Waals surface area contributed by atoms with Crippen molar-refractivity contribution < 1.29 is 9.59 Å². The Morgan fingerprint density at radius 2 is 1.89 bits per heavy atom. The average Bonchev–Trinajstić information content (AvgIpc) is 2.88. The first kappa shape index (κ1) is 9.83. The van der Waals surface area contributed by atoms with Crippen LogP contribution in [0.3, 0.4) is 0 Å². The van der Waals surface area contributed by atoms with E-state index in [4.69, 9.17) is 0 Å². The first-order valence-electron chi connectivity index (χ1n) is 6.19. The van der Waals surface area contributed by atoms with Gasteiger partial charge in [0.2, 0.25) is 0 Å². The number of benzene rings is 1. The number of carbonyl (C=O) groups excluding carboxylic acids is 2. The number of Topliss-reactive ketones (excluding diaryl/α,β-unsaturated/α-hetero) is 2. The highest BCUT2D eigenvalue weighted by Crippen LogP contribution is 2.42. The maximum absolute atomic E-state index is 12.4. The van der Waals surface area contributed by atoms with Crippen LogP contribution in [0.25, 0.3) is 16.5 Å². The van der Waals surface area contributed by atoms with Gasteiger partial charge in [0.1, 0.15) is 0 Å². The summed E-state index contributed by atoms with van der Waals surface area (Å²) in [6.07, 6.45) is 2.18. The van der Waals surface area contributed by atoms with E-state index in [0.717, 1.165) is 35.0 Å². The Morgan fingerprint density at radius 3 is 2.78 bits per heavy atom. The zero-order chi connectivity index (χ0) is 12.3. The molecule has 0 amide bonds. The second kappa shape index (κ2) is 3.19. The third kappa shape index (κ3) is 1.04. The van der Waals surface area contributed by atoms with E-state index in [0.29, 0.717) is 17.6 Å². The van der Waals surface area contributed by atoms with Crippen molar-refractivity contribution in [2.45, 2.75) is 19.3 Å². The first-order chi connectivity index (χ1) is 8.77. The Hall–Kier alpha value is -2.16. The van der Waals surface area contributed by atoms with Crippen LogP contribution in [0.4, 0.5) is 0 Å². The summed E-state index contributed by atoms with van der Waals surface area (Å²) in [7, 11) is 0. The molecule has 1 N–H and O–H groups in total. The van der Waals surface area contributed by atoms with Crippen LogP contribution in [0.5, 0.6) is 0 Å². The zero-order valence-corrected chi connectivity index (χ0v) is 9.75. The second-order valence-corrected chi connectivity index (χ2v) is 4.88. The van der Waals surface area contributed by atoms with Crippen LogP contribution < -0.4 is 0 Å². The van der Waals surface area contributed by atoms with Crippen molar-refractivity contribution >= 4 is 28.0 Å². The number of para-hydroxylation sites is 1. The van der Waals surface area contributed by atoms with Gasteiger partial charge < -0.3 is 4.98 Å². The summed E-state index contributed by atoms with van der Waals surface area (Å²) in [5.41, 5.74) is 3.92. The average molecular weight is 237 g/mol. The molecule has 1 aromatic heterocycles. The number of aromatic nitrogens is 1. The summed E-state index contributed by atoms with van der Waals surface area (Å²) in [6.45, 7) is 0. The molecule has 0 unspecified atom stereocenters. The molecule has 0 saturated heterocycles. The van der Waals surface area contributed by atoms with Crippen molar-refractivity contribution in [3.63, 3.8) is 0 Å². The fourth-order valence-electron chi connectivity index (χ4n) is 3.09. The number of carbonyl (C=O) groups is 2. The normalized spacial score (nSPS) is 18.4. The van der Waals surface area contributed by atoms with Crippen molar-refractivity contribution in [3.05, 3.63) is 41.1 Å². The third-order valence-corrected chi connectivity index (χ3v) is 3.87. The Balaban J connectivity index is 2.08. The summed E-state index contributed by atoms with van der Waals surface area (Å²) >= 11 is 0. The smallest absolute Gasteiger partial charge is 0.199 e. The van der Waals surface area contributed by atoms with Crippen molar-refractivity contribution in [1.82, 2.24) is 4.98 Å². The maximum Gasteiger partial charge on any atom is 0.199 e. The Morgan fingerprint density at radius 1 is 1.06 bits per heavy atom. The molecule has 0 saturated carbocycles. The van der Waals surface area contributed by atoms with Crippen LogP contribution in [0.2, 0.25) is 0 Å². The highest BCUT2D eigenvalue weighted by atomic mass is 16.1.